The maximum atomic E-state index is 9.68. The number of hydrogen-bond acceptors (Lipinski definition) is 2. The van der Waals surface area contributed by atoms with Gasteiger partial charge in [0.25, 0.3) is 0 Å². The van der Waals surface area contributed by atoms with Crippen LogP contribution in [0.3, 0.4) is 0 Å². The first kappa shape index (κ1) is 29.4. The van der Waals surface area contributed by atoms with E-state index < -0.39 is 8.25 Å². The van der Waals surface area contributed by atoms with Gasteiger partial charge in [-0.15, -0.1) is 9.42 Å². The number of rotatable bonds is 3. The maximum Gasteiger partial charge on any atom is 1.00 e. The molecule has 0 aliphatic carbocycles. The van der Waals surface area contributed by atoms with Crippen molar-refractivity contribution < 1.29 is 138 Å². The van der Waals surface area contributed by atoms with Crippen LogP contribution in [0.25, 0.3) is 0 Å². The average Bonchev–Trinajstić information content (AvgIpc) is 1.61. The zero-order valence-electron chi connectivity index (χ0n) is 12.1. The third-order valence-corrected chi connectivity index (χ3v) is 0.809. The zero-order chi connectivity index (χ0) is 5.70. The first-order valence-electron chi connectivity index (χ1n) is 2.06. The summed E-state index contributed by atoms with van der Waals surface area (Å²) in [5, 5.41) is 0. The Bertz CT molecular complexity index is 86.2. The molecule has 1 N–H and O–H groups in total. The van der Waals surface area contributed by atoms with Crippen molar-refractivity contribution in [1.82, 2.24) is 0 Å². The van der Waals surface area contributed by atoms with Crippen molar-refractivity contribution in [2.45, 2.75) is 13.3 Å². The Morgan fingerprint density at radius 2 is 1.73 bits per heavy atom. The molecule has 0 amide bonds. The molecule has 0 aromatic carbocycles. The fraction of sp³-hybridized carbons (Fsp3) is 1.00. The minimum atomic E-state index is -2.36. The van der Waals surface area contributed by atoms with Gasteiger partial charge in [0.15, 0.2) is 0 Å². The molecule has 0 saturated carbocycles. The quantitative estimate of drug-likeness (QED) is 0.379. The Morgan fingerprint density at radius 1 is 1.36 bits per heavy atom. The summed E-state index contributed by atoms with van der Waals surface area (Å²) in [5.41, 5.74) is 0. The fourth-order valence-corrected chi connectivity index (χ4v) is 0.508. The van der Waals surface area contributed by atoms with Gasteiger partial charge < -0.3 is 5.71 Å². The van der Waals surface area contributed by atoms with E-state index in [4.69, 9.17) is 4.89 Å². The first-order chi connectivity index (χ1) is 3.27. The third kappa shape index (κ3) is 31.5. The molecule has 0 aliphatic heterocycles. The van der Waals surface area contributed by atoms with E-state index in [-0.39, 0.29) is 124 Å². The van der Waals surface area contributed by atoms with Crippen LogP contribution < -0.4 is 118 Å². The normalized spacial score (nSPS) is 7.27. The van der Waals surface area contributed by atoms with E-state index in [9.17, 15) is 4.57 Å². The predicted molar refractivity (Wildman–Crippen MR) is 30.5 cm³/mol. The minimum absolute atomic E-state index is 0. The van der Waals surface area contributed by atoms with Crippen molar-refractivity contribution in [3.63, 3.8) is 0 Å². The molecule has 11 heavy (non-hydrogen) atoms. The third-order valence-electron chi connectivity index (χ3n) is 0.406. The van der Waals surface area contributed by atoms with Crippen LogP contribution >= 0.6 is 8.25 Å². The molecule has 0 rings (SSSR count). The summed E-state index contributed by atoms with van der Waals surface area (Å²) in [7, 11) is -2.36. The van der Waals surface area contributed by atoms with Crippen molar-refractivity contribution in [2.75, 3.05) is 6.61 Å². The van der Waals surface area contributed by atoms with E-state index >= 15 is 0 Å². The van der Waals surface area contributed by atoms with E-state index in [0.29, 0.717) is 6.61 Å². The standard InChI is InChI=1S/C3H7O3P.4Na.4H/c1-2-3-6-7(4)5;;;;;;;;/h2-3H2,1H3;;;;;;;;/q;4*+1;4*-1/p+1. The number of hydrogen-bond donors (Lipinski definition) is 1. The molecule has 0 aliphatic rings. The Morgan fingerprint density at radius 3 is 1.82 bits per heavy atom. The van der Waals surface area contributed by atoms with E-state index in [1.54, 1.807) is 0 Å². The summed E-state index contributed by atoms with van der Waals surface area (Å²) in [4.78, 5) is 7.97. The molecule has 0 heterocycles. The van der Waals surface area contributed by atoms with Gasteiger partial charge >= 0.3 is 126 Å². The van der Waals surface area contributed by atoms with E-state index in [1.807, 2.05) is 6.92 Å². The molecule has 0 fully saturated rings. The van der Waals surface area contributed by atoms with Crippen LogP contribution in [0.15, 0.2) is 0 Å². The van der Waals surface area contributed by atoms with Gasteiger partial charge in [-0.2, -0.15) is 0 Å². The van der Waals surface area contributed by atoms with Gasteiger partial charge in [0.1, 0.15) is 6.61 Å². The Hall–Kier alpha value is 4.02. The molecule has 0 radical (unpaired) electrons. The summed E-state index contributed by atoms with van der Waals surface area (Å²) in [6.07, 6.45) is 0.779. The summed E-state index contributed by atoms with van der Waals surface area (Å²) in [6, 6.07) is 0. The van der Waals surface area contributed by atoms with E-state index in [0.717, 1.165) is 6.42 Å². The van der Waals surface area contributed by atoms with Crippen LogP contribution in [0.1, 0.15) is 19.1 Å². The van der Waals surface area contributed by atoms with Gasteiger partial charge in [0.2, 0.25) is 0 Å². The Balaban J connectivity index is -0.00000000643. The largest absolute Gasteiger partial charge is 1.00 e. The zero-order valence-corrected chi connectivity index (χ0v) is 17.0. The summed E-state index contributed by atoms with van der Waals surface area (Å²) >= 11 is 0. The second kappa shape index (κ2) is 23.7. The average molecular weight is 219 g/mol. The summed E-state index contributed by atoms with van der Waals surface area (Å²) < 4.78 is 13.9. The molecule has 0 saturated heterocycles. The SMILES string of the molecule is CCCO[P+](=O)O.[H-].[H-].[H-].[H-].[Na+].[Na+].[Na+].[Na+]. The van der Waals surface area contributed by atoms with Gasteiger partial charge in [0.05, 0.1) is 0 Å². The van der Waals surface area contributed by atoms with E-state index in [1.165, 1.54) is 0 Å². The van der Waals surface area contributed by atoms with Crippen molar-refractivity contribution in [1.29, 1.82) is 0 Å². The Labute approximate surface area is 163 Å². The molecule has 50 valence electrons. The smallest absolute Gasteiger partial charge is 1.00 e. The summed E-state index contributed by atoms with van der Waals surface area (Å²) in [6.45, 7) is 2.24. The molecule has 1 atom stereocenters. The predicted octanol–water partition coefficient (Wildman–Crippen LogP) is -10.5. The molecule has 0 bridgehead atoms. The van der Waals surface area contributed by atoms with Gasteiger partial charge in [-0.1, -0.05) is 6.92 Å². The second-order valence-electron chi connectivity index (χ2n) is 1.07. The van der Waals surface area contributed by atoms with Gasteiger partial charge in [-0.3, -0.25) is 0 Å². The van der Waals surface area contributed by atoms with Crippen molar-refractivity contribution in [2.24, 2.45) is 0 Å². The molecule has 3 nitrogen and oxygen atoms in total. The monoisotopic (exact) mass is 219 g/mol. The molecule has 8 heteroatoms. The molecule has 1 unspecified atom stereocenters. The van der Waals surface area contributed by atoms with Crippen LogP contribution in [-0.2, 0) is 9.09 Å². The molecule has 0 aromatic heterocycles. The minimum Gasteiger partial charge on any atom is -1.00 e. The maximum absolute atomic E-state index is 9.68. The van der Waals surface area contributed by atoms with Gasteiger partial charge in [-0.25, -0.2) is 0 Å². The molecular weight excluding hydrogens is 207 g/mol. The van der Waals surface area contributed by atoms with Crippen LogP contribution in [0.5, 0.6) is 0 Å². The van der Waals surface area contributed by atoms with Crippen LogP contribution in [0.4, 0.5) is 0 Å². The fourth-order valence-electron chi connectivity index (χ4n) is 0.169. The topological polar surface area (TPSA) is 46.5 Å². The molecular formula is C3H12Na4O3P+. The molecule has 0 aromatic rings. The van der Waals surface area contributed by atoms with Gasteiger partial charge in [-0.05, 0) is 6.42 Å². The molecule has 0 spiro atoms. The van der Waals surface area contributed by atoms with Crippen LogP contribution in [0.2, 0.25) is 0 Å². The summed E-state index contributed by atoms with van der Waals surface area (Å²) in [5.74, 6) is 0. The van der Waals surface area contributed by atoms with Crippen LogP contribution in [0, 0.1) is 0 Å². The van der Waals surface area contributed by atoms with Crippen molar-refractivity contribution in [3.05, 3.63) is 0 Å². The Kier molecular flexibility index (Phi) is 63.3. The van der Waals surface area contributed by atoms with Gasteiger partial charge in [0, 0.05) is 4.57 Å². The first-order valence-corrected chi connectivity index (χ1v) is 3.19. The second-order valence-corrected chi connectivity index (χ2v) is 1.80. The van der Waals surface area contributed by atoms with E-state index in [2.05, 4.69) is 4.52 Å². The van der Waals surface area contributed by atoms with Crippen molar-refractivity contribution in [3.8, 4) is 0 Å². The van der Waals surface area contributed by atoms with Crippen LogP contribution in [-0.4, -0.2) is 11.5 Å². The van der Waals surface area contributed by atoms with Crippen molar-refractivity contribution >= 4 is 8.25 Å².